The average Bonchev–Trinajstić information content (AvgIpc) is 2.28. The summed E-state index contributed by atoms with van der Waals surface area (Å²) in [4.78, 5) is 7.78. The Balaban J connectivity index is 2.41. The monoisotopic (exact) mass is 268 g/mol. The Labute approximate surface area is 109 Å². The van der Waals surface area contributed by atoms with Crippen molar-refractivity contribution in [2.24, 2.45) is 0 Å². The number of para-hydroxylation sites is 1. The number of aromatic nitrogens is 2. The molecule has 0 saturated carbocycles. The predicted octanol–water partition coefficient (Wildman–Crippen LogP) is 3.42. The van der Waals surface area contributed by atoms with Gasteiger partial charge in [0, 0.05) is 0 Å². The maximum absolute atomic E-state index is 5.96. The lowest BCUT2D eigenvalue weighted by Gasteiger charge is -2.12. The lowest BCUT2D eigenvalue weighted by atomic mass is 10.1. The van der Waals surface area contributed by atoms with Gasteiger partial charge in [-0.1, -0.05) is 23.7 Å². The number of nitrogens with zero attached hydrogens (tertiary/aromatic N) is 2. The van der Waals surface area contributed by atoms with E-state index in [-0.39, 0.29) is 5.28 Å². The molecule has 0 unspecified atom stereocenters. The molecular formula is C11H10Cl2N4. The molecule has 0 bridgehead atoms. The van der Waals surface area contributed by atoms with Crippen molar-refractivity contribution < 1.29 is 0 Å². The minimum absolute atomic E-state index is 0.129. The number of hydrogen-bond donors (Lipinski definition) is 2. The van der Waals surface area contributed by atoms with Gasteiger partial charge in [-0.15, -0.1) is 0 Å². The fourth-order valence-corrected chi connectivity index (χ4v) is 1.68. The molecular weight excluding hydrogens is 259 g/mol. The van der Waals surface area contributed by atoms with Gasteiger partial charge in [-0.2, -0.15) is 4.98 Å². The van der Waals surface area contributed by atoms with Gasteiger partial charge in [0.15, 0.2) is 5.82 Å². The summed E-state index contributed by atoms with van der Waals surface area (Å²) in [7, 11) is 0. The molecule has 6 heteroatoms. The van der Waals surface area contributed by atoms with Crippen LogP contribution in [0.1, 0.15) is 5.56 Å². The van der Waals surface area contributed by atoms with Crippen molar-refractivity contribution in [3.05, 3.63) is 40.3 Å². The second-order valence-electron chi connectivity index (χ2n) is 3.50. The first kappa shape index (κ1) is 12.0. The van der Waals surface area contributed by atoms with E-state index < -0.39 is 0 Å². The van der Waals surface area contributed by atoms with Crippen molar-refractivity contribution in [3.8, 4) is 0 Å². The number of benzene rings is 1. The Morgan fingerprint density at radius 3 is 2.76 bits per heavy atom. The number of nitrogens with one attached hydrogen (secondary N) is 1. The van der Waals surface area contributed by atoms with Crippen LogP contribution in [0.15, 0.2) is 24.4 Å². The molecule has 0 fully saturated rings. The Bertz CT molecular complexity index is 537. The Morgan fingerprint density at radius 1 is 1.29 bits per heavy atom. The number of nitrogens with two attached hydrogens (primary N) is 1. The zero-order chi connectivity index (χ0) is 12.4. The van der Waals surface area contributed by atoms with Crippen LogP contribution in [0.25, 0.3) is 0 Å². The molecule has 0 aliphatic carbocycles. The van der Waals surface area contributed by atoms with Gasteiger partial charge in [-0.25, -0.2) is 4.98 Å². The van der Waals surface area contributed by atoms with Gasteiger partial charge >= 0.3 is 0 Å². The first-order valence-corrected chi connectivity index (χ1v) is 5.63. The highest BCUT2D eigenvalue weighted by atomic mass is 35.5. The molecule has 0 spiro atoms. The number of nitrogen functional groups attached to an aromatic ring is 1. The van der Waals surface area contributed by atoms with E-state index in [1.165, 1.54) is 6.20 Å². The standard InChI is InChI=1S/C11H10Cl2N4/c1-6-3-2-4-8(14)9(6)16-10-7(12)5-15-11(13)17-10/h2-5H,14H2,1H3,(H,15,16,17). The molecule has 0 atom stereocenters. The first-order valence-electron chi connectivity index (χ1n) is 4.88. The zero-order valence-corrected chi connectivity index (χ0v) is 10.5. The van der Waals surface area contributed by atoms with Crippen LogP contribution in [0.3, 0.4) is 0 Å². The molecule has 3 N–H and O–H groups in total. The maximum Gasteiger partial charge on any atom is 0.224 e. The zero-order valence-electron chi connectivity index (χ0n) is 9.04. The van der Waals surface area contributed by atoms with Crippen molar-refractivity contribution in [3.63, 3.8) is 0 Å². The van der Waals surface area contributed by atoms with Crippen molar-refractivity contribution in [1.29, 1.82) is 0 Å². The summed E-state index contributed by atoms with van der Waals surface area (Å²) in [5.41, 5.74) is 8.26. The molecule has 0 aliphatic rings. The molecule has 0 amide bonds. The summed E-state index contributed by atoms with van der Waals surface area (Å²) in [5.74, 6) is 0.438. The molecule has 88 valence electrons. The van der Waals surface area contributed by atoms with Gasteiger partial charge in [0.25, 0.3) is 0 Å². The third-order valence-electron chi connectivity index (χ3n) is 2.26. The quantitative estimate of drug-likeness (QED) is 0.647. The number of rotatable bonds is 2. The highest BCUT2D eigenvalue weighted by molar-refractivity contribution is 6.33. The van der Waals surface area contributed by atoms with Crippen molar-refractivity contribution in [2.45, 2.75) is 6.92 Å². The Morgan fingerprint density at radius 2 is 2.06 bits per heavy atom. The van der Waals surface area contributed by atoms with E-state index in [2.05, 4.69) is 15.3 Å². The van der Waals surface area contributed by atoms with Gasteiger partial charge in [-0.05, 0) is 30.2 Å². The fourth-order valence-electron chi connectivity index (χ4n) is 1.41. The van der Waals surface area contributed by atoms with Crippen LogP contribution in [-0.2, 0) is 0 Å². The summed E-state index contributed by atoms with van der Waals surface area (Å²) in [5, 5.41) is 3.57. The Hall–Kier alpha value is -1.52. The number of anilines is 3. The second-order valence-corrected chi connectivity index (χ2v) is 4.24. The highest BCUT2D eigenvalue weighted by Gasteiger charge is 2.08. The first-order chi connectivity index (χ1) is 8.08. The number of halogens is 2. The minimum atomic E-state index is 0.129. The molecule has 1 heterocycles. The normalized spacial score (nSPS) is 10.3. The Kier molecular flexibility index (Phi) is 3.36. The fraction of sp³-hybridized carbons (Fsp3) is 0.0909. The van der Waals surface area contributed by atoms with Gasteiger partial charge in [0.1, 0.15) is 5.02 Å². The van der Waals surface area contributed by atoms with Gasteiger partial charge < -0.3 is 11.1 Å². The maximum atomic E-state index is 5.96. The molecule has 1 aromatic carbocycles. The van der Waals surface area contributed by atoms with Crippen LogP contribution in [0.4, 0.5) is 17.2 Å². The van der Waals surface area contributed by atoms with Crippen LogP contribution in [0.5, 0.6) is 0 Å². The molecule has 0 saturated heterocycles. The molecule has 2 aromatic rings. The van der Waals surface area contributed by atoms with E-state index in [1.807, 2.05) is 19.1 Å². The van der Waals surface area contributed by atoms with E-state index in [1.54, 1.807) is 6.07 Å². The third kappa shape index (κ3) is 2.60. The lowest BCUT2D eigenvalue weighted by Crippen LogP contribution is -2.01. The molecule has 2 rings (SSSR count). The SMILES string of the molecule is Cc1cccc(N)c1Nc1nc(Cl)ncc1Cl. The average molecular weight is 269 g/mol. The molecule has 4 nitrogen and oxygen atoms in total. The molecule has 0 aliphatic heterocycles. The van der Waals surface area contributed by atoms with E-state index in [0.717, 1.165) is 11.3 Å². The molecule has 1 aromatic heterocycles. The summed E-state index contributed by atoms with van der Waals surface area (Å²) < 4.78 is 0. The highest BCUT2D eigenvalue weighted by Crippen LogP contribution is 2.29. The van der Waals surface area contributed by atoms with Crippen LogP contribution in [-0.4, -0.2) is 9.97 Å². The van der Waals surface area contributed by atoms with Crippen LogP contribution in [0.2, 0.25) is 10.3 Å². The molecule has 0 radical (unpaired) electrons. The smallest absolute Gasteiger partial charge is 0.224 e. The van der Waals surface area contributed by atoms with Crippen LogP contribution >= 0.6 is 23.2 Å². The lowest BCUT2D eigenvalue weighted by molar-refractivity contribution is 1.17. The van der Waals surface area contributed by atoms with Crippen molar-refractivity contribution in [1.82, 2.24) is 9.97 Å². The van der Waals surface area contributed by atoms with E-state index in [4.69, 9.17) is 28.9 Å². The third-order valence-corrected chi connectivity index (χ3v) is 2.72. The van der Waals surface area contributed by atoms with Gasteiger partial charge in [0.05, 0.1) is 17.6 Å². The van der Waals surface area contributed by atoms with Crippen LogP contribution in [0, 0.1) is 6.92 Å². The summed E-state index contributed by atoms with van der Waals surface area (Å²) in [6.45, 7) is 1.94. The van der Waals surface area contributed by atoms with Gasteiger partial charge in [0.2, 0.25) is 5.28 Å². The summed E-state index contributed by atoms with van der Waals surface area (Å²) in [6, 6.07) is 5.62. The van der Waals surface area contributed by atoms with Gasteiger partial charge in [-0.3, -0.25) is 0 Å². The summed E-state index contributed by atoms with van der Waals surface area (Å²) in [6.07, 6.45) is 1.44. The molecule has 17 heavy (non-hydrogen) atoms. The van der Waals surface area contributed by atoms with E-state index in [9.17, 15) is 0 Å². The number of hydrogen-bond acceptors (Lipinski definition) is 4. The van der Waals surface area contributed by atoms with Crippen molar-refractivity contribution >= 4 is 40.4 Å². The minimum Gasteiger partial charge on any atom is -0.397 e. The number of aryl methyl sites for hydroxylation is 1. The van der Waals surface area contributed by atoms with Crippen LogP contribution < -0.4 is 11.1 Å². The van der Waals surface area contributed by atoms with Crippen molar-refractivity contribution in [2.75, 3.05) is 11.1 Å². The summed E-state index contributed by atoms with van der Waals surface area (Å²) >= 11 is 11.7. The second kappa shape index (κ2) is 4.77. The largest absolute Gasteiger partial charge is 0.397 e. The topological polar surface area (TPSA) is 63.8 Å². The predicted molar refractivity (Wildman–Crippen MR) is 70.9 cm³/mol. The van der Waals surface area contributed by atoms with E-state index in [0.29, 0.717) is 16.5 Å². The van der Waals surface area contributed by atoms with E-state index >= 15 is 0 Å².